The average Bonchev–Trinajstić information content (AvgIpc) is 2.71. The second-order valence-corrected chi connectivity index (χ2v) is 9.83. The lowest BCUT2D eigenvalue weighted by Gasteiger charge is -2.30. The van der Waals surface area contributed by atoms with Gasteiger partial charge in [0.25, 0.3) is 0 Å². The van der Waals surface area contributed by atoms with Crippen molar-refractivity contribution in [2.24, 2.45) is 11.1 Å². The van der Waals surface area contributed by atoms with Crippen LogP contribution in [0.5, 0.6) is 0 Å². The number of amides is 2. The number of benzene rings is 1. The number of sulfonamides is 1. The normalized spacial score (nSPS) is 15.4. The number of likely N-dealkylation sites (tertiary alicyclic amines) is 1. The van der Waals surface area contributed by atoms with Crippen molar-refractivity contribution < 1.29 is 18.0 Å². The molecule has 1 fully saturated rings. The molecule has 9 nitrogen and oxygen atoms in total. The summed E-state index contributed by atoms with van der Waals surface area (Å²) in [6.07, 6.45) is 2.95. The highest BCUT2D eigenvalue weighted by Crippen LogP contribution is 2.24. The lowest BCUT2D eigenvalue weighted by Crippen LogP contribution is -2.41. The molecule has 3 rings (SSSR count). The summed E-state index contributed by atoms with van der Waals surface area (Å²) in [5.74, 6) is 0.112. The highest BCUT2D eigenvalue weighted by atomic mass is 32.2. The second-order valence-electron chi connectivity index (χ2n) is 8.26. The van der Waals surface area contributed by atoms with Crippen LogP contribution in [-0.2, 0) is 19.6 Å². The van der Waals surface area contributed by atoms with Crippen LogP contribution in [-0.4, -0.2) is 49.8 Å². The fourth-order valence-corrected chi connectivity index (χ4v) is 4.32. The number of piperidine rings is 1. The van der Waals surface area contributed by atoms with Gasteiger partial charge in [0, 0.05) is 17.8 Å². The molecule has 1 aliphatic rings. The standard InChI is InChI=1S/C22H29N5O4S/c1-14-4-7-24-20(10-14)26-22(29)17-5-8-27(9-6-17)13-21(28)25-19-12-18(32(23,30)31)11-15(2)16(19)3/h4,7,10-12,17H,5-6,8-9,13H2,1-3H3,(H,25,28)(H2,23,30,31)(H,24,26,29). The highest BCUT2D eigenvalue weighted by Gasteiger charge is 2.26. The summed E-state index contributed by atoms with van der Waals surface area (Å²) in [5.41, 5.74) is 2.96. The Balaban J connectivity index is 1.54. The van der Waals surface area contributed by atoms with E-state index in [9.17, 15) is 18.0 Å². The maximum Gasteiger partial charge on any atom is 0.238 e. The van der Waals surface area contributed by atoms with E-state index in [1.54, 1.807) is 13.1 Å². The number of anilines is 2. The minimum atomic E-state index is -3.87. The maximum absolute atomic E-state index is 12.6. The van der Waals surface area contributed by atoms with E-state index in [-0.39, 0.29) is 29.2 Å². The van der Waals surface area contributed by atoms with Gasteiger partial charge in [-0.25, -0.2) is 18.5 Å². The van der Waals surface area contributed by atoms with Gasteiger partial charge < -0.3 is 10.6 Å². The molecule has 2 aromatic rings. The van der Waals surface area contributed by atoms with Gasteiger partial charge in [0.2, 0.25) is 21.8 Å². The number of carbonyl (C=O) groups excluding carboxylic acids is 2. The van der Waals surface area contributed by atoms with Gasteiger partial charge in [-0.15, -0.1) is 0 Å². The van der Waals surface area contributed by atoms with E-state index >= 15 is 0 Å². The molecule has 1 aromatic carbocycles. The van der Waals surface area contributed by atoms with Crippen molar-refractivity contribution in [1.29, 1.82) is 0 Å². The number of nitrogens with one attached hydrogen (secondary N) is 2. The number of carbonyl (C=O) groups is 2. The predicted octanol–water partition coefficient (Wildman–Crippen LogP) is 1.94. The van der Waals surface area contributed by atoms with Crippen LogP contribution in [0.15, 0.2) is 35.4 Å². The zero-order valence-electron chi connectivity index (χ0n) is 18.5. The number of primary sulfonamides is 1. The SMILES string of the molecule is Cc1ccnc(NC(=O)C2CCN(CC(=O)Nc3cc(S(N)(=O)=O)cc(C)c3C)CC2)c1. The molecule has 0 atom stereocenters. The van der Waals surface area contributed by atoms with Crippen molar-refractivity contribution in [2.45, 2.75) is 38.5 Å². The third-order valence-corrected chi connectivity index (χ3v) is 6.63. The molecule has 0 radical (unpaired) electrons. The predicted molar refractivity (Wildman–Crippen MR) is 123 cm³/mol. The molecular weight excluding hydrogens is 430 g/mol. The zero-order chi connectivity index (χ0) is 23.5. The molecule has 2 amide bonds. The summed E-state index contributed by atoms with van der Waals surface area (Å²) >= 11 is 0. The first-order chi connectivity index (χ1) is 15.0. The average molecular weight is 460 g/mol. The fourth-order valence-electron chi connectivity index (χ4n) is 3.70. The van der Waals surface area contributed by atoms with Gasteiger partial charge in [-0.3, -0.25) is 14.5 Å². The third kappa shape index (κ3) is 6.12. The number of pyridine rings is 1. The summed E-state index contributed by atoms with van der Waals surface area (Å²) < 4.78 is 23.4. The first-order valence-electron chi connectivity index (χ1n) is 10.4. The molecule has 10 heteroatoms. The summed E-state index contributed by atoms with van der Waals surface area (Å²) in [6, 6.07) is 6.56. The molecule has 1 aromatic heterocycles. The van der Waals surface area contributed by atoms with Crippen LogP contribution in [0.3, 0.4) is 0 Å². The third-order valence-electron chi connectivity index (χ3n) is 5.74. The molecule has 0 spiro atoms. The number of hydrogen-bond donors (Lipinski definition) is 3. The van der Waals surface area contributed by atoms with E-state index in [0.29, 0.717) is 37.4 Å². The van der Waals surface area contributed by atoms with Crippen LogP contribution >= 0.6 is 0 Å². The molecule has 172 valence electrons. The van der Waals surface area contributed by atoms with Gasteiger partial charge in [-0.2, -0.15) is 0 Å². The van der Waals surface area contributed by atoms with E-state index in [4.69, 9.17) is 5.14 Å². The number of aryl methyl sites for hydroxylation is 2. The van der Waals surface area contributed by atoms with E-state index < -0.39 is 10.0 Å². The van der Waals surface area contributed by atoms with Crippen molar-refractivity contribution in [3.8, 4) is 0 Å². The Labute approximate surface area is 188 Å². The number of hydrogen-bond acceptors (Lipinski definition) is 6. The Morgan fingerprint density at radius 3 is 2.44 bits per heavy atom. The summed E-state index contributed by atoms with van der Waals surface area (Å²) in [4.78, 5) is 31.2. The van der Waals surface area contributed by atoms with Gasteiger partial charge in [-0.1, -0.05) is 0 Å². The minimum Gasteiger partial charge on any atom is -0.325 e. The van der Waals surface area contributed by atoms with E-state index in [1.807, 2.05) is 30.9 Å². The highest BCUT2D eigenvalue weighted by molar-refractivity contribution is 7.89. The first kappa shape index (κ1) is 23.8. The van der Waals surface area contributed by atoms with Gasteiger partial charge in [0.1, 0.15) is 5.82 Å². The van der Waals surface area contributed by atoms with Crippen LogP contribution in [0.4, 0.5) is 11.5 Å². The molecule has 1 aliphatic heterocycles. The Bertz CT molecular complexity index is 1130. The Kier molecular flexibility index (Phi) is 7.27. The molecule has 0 aliphatic carbocycles. The van der Waals surface area contributed by atoms with Crippen molar-refractivity contribution in [3.63, 3.8) is 0 Å². The lowest BCUT2D eigenvalue weighted by atomic mass is 9.96. The first-order valence-corrected chi connectivity index (χ1v) is 12.0. The largest absolute Gasteiger partial charge is 0.325 e. The monoisotopic (exact) mass is 459 g/mol. The summed E-state index contributed by atoms with van der Waals surface area (Å²) in [6.45, 7) is 6.90. The quantitative estimate of drug-likeness (QED) is 0.604. The fraction of sp³-hybridized carbons (Fsp3) is 0.409. The van der Waals surface area contributed by atoms with Crippen molar-refractivity contribution in [1.82, 2.24) is 9.88 Å². The van der Waals surface area contributed by atoms with Crippen molar-refractivity contribution in [2.75, 3.05) is 30.3 Å². The van der Waals surface area contributed by atoms with Crippen LogP contribution in [0, 0.1) is 26.7 Å². The maximum atomic E-state index is 12.6. The van der Waals surface area contributed by atoms with Crippen LogP contribution in [0.2, 0.25) is 0 Å². The molecule has 32 heavy (non-hydrogen) atoms. The van der Waals surface area contributed by atoms with Crippen LogP contribution in [0.25, 0.3) is 0 Å². The number of aromatic nitrogens is 1. The van der Waals surface area contributed by atoms with E-state index in [2.05, 4.69) is 15.6 Å². The smallest absolute Gasteiger partial charge is 0.238 e. The number of rotatable bonds is 6. The molecular formula is C22H29N5O4S. The van der Waals surface area contributed by atoms with Gasteiger partial charge in [-0.05, 0) is 87.7 Å². The van der Waals surface area contributed by atoms with E-state index in [1.165, 1.54) is 12.1 Å². The molecule has 4 N–H and O–H groups in total. The Morgan fingerprint density at radius 2 is 1.81 bits per heavy atom. The Hall–Kier alpha value is -2.82. The summed E-state index contributed by atoms with van der Waals surface area (Å²) in [5, 5.41) is 10.9. The molecule has 0 saturated carbocycles. The molecule has 1 saturated heterocycles. The Morgan fingerprint density at radius 1 is 1.12 bits per heavy atom. The van der Waals surface area contributed by atoms with Gasteiger partial charge in [0.05, 0.1) is 11.4 Å². The zero-order valence-corrected chi connectivity index (χ0v) is 19.3. The molecule has 2 heterocycles. The second kappa shape index (κ2) is 9.76. The van der Waals surface area contributed by atoms with Crippen molar-refractivity contribution >= 4 is 33.3 Å². The van der Waals surface area contributed by atoms with Gasteiger partial charge >= 0.3 is 0 Å². The number of nitrogens with zero attached hydrogens (tertiary/aromatic N) is 2. The van der Waals surface area contributed by atoms with Crippen molar-refractivity contribution in [3.05, 3.63) is 47.2 Å². The molecule has 0 unspecified atom stereocenters. The minimum absolute atomic E-state index is 0.0363. The van der Waals surface area contributed by atoms with Crippen LogP contribution < -0.4 is 15.8 Å². The topological polar surface area (TPSA) is 134 Å². The van der Waals surface area contributed by atoms with Gasteiger partial charge in [0.15, 0.2) is 0 Å². The van der Waals surface area contributed by atoms with E-state index in [0.717, 1.165) is 16.7 Å². The molecule has 0 bridgehead atoms. The lowest BCUT2D eigenvalue weighted by molar-refractivity contribution is -0.121. The number of nitrogens with two attached hydrogens (primary N) is 1. The van der Waals surface area contributed by atoms with Crippen LogP contribution in [0.1, 0.15) is 29.5 Å². The summed E-state index contributed by atoms with van der Waals surface area (Å²) in [7, 11) is -3.87.